The van der Waals surface area contributed by atoms with Crippen molar-refractivity contribution < 1.29 is 14.4 Å². The highest BCUT2D eigenvalue weighted by molar-refractivity contribution is 8.03. The Morgan fingerprint density at radius 1 is 1.23 bits per heavy atom. The average molecular weight is 508 g/mol. The normalized spacial score (nSPS) is 15.7. The van der Waals surface area contributed by atoms with Crippen molar-refractivity contribution in [3.8, 4) is 0 Å². The Kier molecular flexibility index (Phi) is 20.4. The van der Waals surface area contributed by atoms with Crippen LogP contribution in [0.1, 0.15) is 83.7 Å². The van der Waals surface area contributed by atoms with Crippen LogP contribution in [0, 0.1) is 6.92 Å². The lowest BCUT2D eigenvalue weighted by Crippen LogP contribution is -2.47. The van der Waals surface area contributed by atoms with Gasteiger partial charge in [-0.1, -0.05) is 33.3 Å². The van der Waals surface area contributed by atoms with Crippen molar-refractivity contribution in [2.45, 2.75) is 86.2 Å². The maximum absolute atomic E-state index is 11.9. The molecule has 0 aromatic heterocycles. The second kappa shape index (κ2) is 20.3. The number of rotatable bonds is 7. The van der Waals surface area contributed by atoms with Gasteiger partial charge in [-0.3, -0.25) is 14.4 Å². The van der Waals surface area contributed by atoms with Crippen molar-refractivity contribution >= 4 is 35.9 Å². The largest absolute Gasteiger partial charge is 0.324 e. The van der Waals surface area contributed by atoms with Gasteiger partial charge < -0.3 is 15.5 Å². The number of thioether (sulfide) groups is 1. The number of allylic oxidation sites excluding steroid dienone is 2. The van der Waals surface area contributed by atoms with E-state index in [9.17, 15) is 14.4 Å². The van der Waals surface area contributed by atoms with E-state index >= 15 is 0 Å². The molecule has 1 aromatic carbocycles. The van der Waals surface area contributed by atoms with E-state index in [1.807, 2.05) is 40.7 Å². The summed E-state index contributed by atoms with van der Waals surface area (Å²) in [6.07, 6.45) is 7.75. The Hall–Kier alpha value is -1.96. The molecule has 1 aliphatic rings. The third-order valence-electron chi connectivity index (χ3n) is 5.69. The molecule has 35 heavy (non-hydrogen) atoms. The number of benzene rings is 1. The highest BCUT2D eigenvalue weighted by Crippen LogP contribution is 2.16. The molecule has 1 heterocycles. The van der Waals surface area contributed by atoms with Crippen LogP contribution in [0.15, 0.2) is 29.2 Å². The summed E-state index contributed by atoms with van der Waals surface area (Å²) in [5.74, 6) is 0.858. The first-order valence-corrected chi connectivity index (χ1v) is 13.5. The maximum Gasteiger partial charge on any atom is 0.244 e. The van der Waals surface area contributed by atoms with Crippen LogP contribution in [-0.2, 0) is 9.59 Å². The lowest BCUT2D eigenvalue weighted by molar-refractivity contribution is -0.121. The fourth-order valence-corrected chi connectivity index (χ4v) is 3.45. The molecule has 1 atom stereocenters. The summed E-state index contributed by atoms with van der Waals surface area (Å²) >= 11 is 1.57. The van der Waals surface area contributed by atoms with Gasteiger partial charge in [-0.15, -0.1) is 11.8 Å². The van der Waals surface area contributed by atoms with Gasteiger partial charge in [0.25, 0.3) is 0 Å². The third-order valence-corrected chi connectivity index (χ3v) is 6.65. The van der Waals surface area contributed by atoms with Gasteiger partial charge in [-0.05, 0) is 97.6 Å². The van der Waals surface area contributed by atoms with Gasteiger partial charge in [0.2, 0.25) is 5.91 Å². The monoisotopic (exact) mass is 507 g/mol. The number of aryl methyl sites for hydroxylation is 1. The van der Waals surface area contributed by atoms with Crippen molar-refractivity contribution in [3.05, 3.63) is 40.3 Å². The fourth-order valence-electron chi connectivity index (χ4n) is 2.88. The van der Waals surface area contributed by atoms with E-state index in [4.69, 9.17) is 0 Å². The summed E-state index contributed by atoms with van der Waals surface area (Å²) in [5, 5.41) is 5.74. The number of carbonyl (C=O) groups excluding carboxylic acids is 3. The van der Waals surface area contributed by atoms with Crippen molar-refractivity contribution in [1.29, 1.82) is 0 Å². The van der Waals surface area contributed by atoms with E-state index in [0.29, 0.717) is 11.3 Å². The van der Waals surface area contributed by atoms with Crippen molar-refractivity contribution in [2.75, 3.05) is 31.7 Å². The predicted molar refractivity (Wildman–Crippen MR) is 154 cm³/mol. The van der Waals surface area contributed by atoms with E-state index < -0.39 is 5.54 Å². The number of carbonyl (C=O) groups is 3. The summed E-state index contributed by atoms with van der Waals surface area (Å²) < 4.78 is 0. The number of amides is 1. The Labute approximate surface area is 218 Å². The minimum absolute atomic E-state index is 0.113. The highest BCUT2D eigenvalue weighted by Gasteiger charge is 2.25. The van der Waals surface area contributed by atoms with Crippen LogP contribution in [-0.4, -0.2) is 61.4 Å². The molecule has 2 rings (SSSR count). The zero-order valence-corrected chi connectivity index (χ0v) is 24.5. The molecule has 0 aliphatic carbocycles. The fraction of sp³-hybridized carbons (Fsp3) is 0.607. The molecule has 6 nitrogen and oxygen atoms in total. The smallest absolute Gasteiger partial charge is 0.244 e. The molecule has 1 aliphatic heterocycles. The molecule has 7 heteroatoms. The van der Waals surface area contributed by atoms with E-state index in [1.54, 1.807) is 50.9 Å². The van der Waals surface area contributed by atoms with Crippen LogP contribution in [0.5, 0.6) is 0 Å². The minimum Gasteiger partial charge on any atom is -0.324 e. The van der Waals surface area contributed by atoms with Crippen LogP contribution in [0.4, 0.5) is 5.69 Å². The molecule has 1 aromatic rings. The highest BCUT2D eigenvalue weighted by atomic mass is 32.2. The van der Waals surface area contributed by atoms with E-state index in [0.717, 1.165) is 34.8 Å². The molecule has 0 radical (unpaired) electrons. The van der Waals surface area contributed by atoms with Crippen LogP contribution >= 0.6 is 11.8 Å². The van der Waals surface area contributed by atoms with Gasteiger partial charge in [0.05, 0.1) is 5.54 Å². The molecular weight excluding hydrogens is 458 g/mol. The molecule has 1 unspecified atom stereocenters. The standard InChI is InChI=1S/C13H18N2O2.C7H15N.C6H10OS.C2H6/c1-9-7-11(6-5-10(9)8-16)15-12(17)13(2,3)14-4;1-7-5-3-4-6-8(7)2;1-3-6(5-7)8-4-2;1-2/h5-8,14H,1-4H3,(H,15,17);7H,3-6H2,1-2H3;3,5H,4H2,1-2H3;1-2H3/b;;6-3-;. The van der Waals surface area contributed by atoms with E-state index in [-0.39, 0.29) is 5.91 Å². The SMILES string of the molecule is C/C=C(/C=O)SCC.CC.CC1CCCCN1C.CNC(C)(C)C(=O)Nc1ccc(C=O)c(C)c1. The number of anilines is 1. The number of likely N-dealkylation sites (tertiary alicyclic amines) is 1. The quantitative estimate of drug-likeness (QED) is 0.343. The zero-order valence-electron chi connectivity index (χ0n) is 23.7. The Balaban J connectivity index is 0. The Bertz CT molecular complexity index is 769. The van der Waals surface area contributed by atoms with Crippen LogP contribution in [0.3, 0.4) is 0 Å². The lowest BCUT2D eigenvalue weighted by atomic mass is 10.0. The lowest BCUT2D eigenvalue weighted by Gasteiger charge is -2.29. The molecule has 2 N–H and O–H groups in total. The first-order valence-electron chi connectivity index (χ1n) is 12.6. The van der Waals surface area contributed by atoms with Crippen molar-refractivity contribution in [3.63, 3.8) is 0 Å². The number of piperidine rings is 1. The predicted octanol–water partition coefficient (Wildman–Crippen LogP) is 6.10. The van der Waals surface area contributed by atoms with E-state index in [2.05, 4.69) is 29.5 Å². The molecule has 0 bridgehead atoms. The molecular formula is C28H49N3O3S. The number of nitrogens with one attached hydrogen (secondary N) is 2. The minimum atomic E-state index is -0.628. The van der Waals surface area contributed by atoms with Crippen LogP contribution < -0.4 is 10.6 Å². The molecule has 1 amide bonds. The maximum atomic E-state index is 11.9. The van der Waals surface area contributed by atoms with Gasteiger partial charge in [0.1, 0.15) is 6.29 Å². The second-order valence-electron chi connectivity index (χ2n) is 8.59. The number of aldehydes is 2. The first-order chi connectivity index (χ1) is 16.6. The van der Waals surface area contributed by atoms with Gasteiger partial charge >= 0.3 is 0 Å². The Morgan fingerprint density at radius 2 is 1.86 bits per heavy atom. The Morgan fingerprint density at radius 3 is 2.20 bits per heavy atom. The number of likely N-dealkylation sites (N-methyl/N-ethyl adjacent to an activating group) is 1. The van der Waals surface area contributed by atoms with Gasteiger partial charge in [0.15, 0.2) is 6.29 Å². The zero-order chi connectivity index (χ0) is 27.4. The number of nitrogens with zero attached hydrogens (tertiary/aromatic N) is 1. The topological polar surface area (TPSA) is 78.5 Å². The van der Waals surface area contributed by atoms with E-state index in [1.165, 1.54) is 25.8 Å². The summed E-state index contributed by atoms with van der Waals surface area (Å²) in [7, 11) is 3.95. The molecule has 0 spiro atoms. The van der Waals surface area contributed by atoms with Gasteiger partial charge in [-0.2, -0.15) is 0 Å². The molecule has 200 valence electrons. The van der Waals surface area contributed by atoms with Gasteiger partial charge in [0, 0.05) is 22.2 Å². The molecule has 1 fully saturated rings. The number of hydrogen-bond acceptors (Lipinski definition) is 6. The van der Waals surface area contributed by atoms with Crippen LogP contribution in [0.2, 0.25) is 0 Å². The summed E-state index contributed by atoms with van der Waals surface area (Å²) in [4.78, 5) is 35.9. The molecule has 1 saturated heterocycles. The summed E-state index contributed by atoms with van der Waals surface area (Å²) in [5.41, 5.74) is 1.55. The third kappa shape index (κ3) is 14.9. The number of hydrogen-bond donors (Lipinski definition) is 2. The first kappa shape index (κ1) is 35.2. The van der Waals surface area contributed by atoms with Crippen molar-refractivity contribution in [1.82, 2.24) is 10.2 Å². The van der Waals surface area contributed by atoms with Crippen molar-refractivity contribution in [2.24, 2.45) is 0 Å². The summed E-state index contributed by atoms with van der Waals surface area (Å²) in [6.45, 7) is 16.9. The summed E-state index contributed by atoms with van der Waals surface area (Å²) in [6, 6.07) is 6.04. The van der Waals surface area contributed by atoms with Gasteiger partial charge in [-0.25, -0.2) is 0 Å². The second-order valence-corrected chi connectivity index (χ2v) is 9.92. The van der Waals surface area contributed by atoms with Crippen LogP contribution in [0.25, 0.3) is 0 Å². The average Bonchev–Trinajstić information content (AvgIpc) is 2.86. The molecule has 0 saturated carbocycles.